The van der Waals surface area contributed by atoms with E-state index in [9.17, 15) is 26.9 Å². The third kappa shape index (κ3) is 4.84. The molecule has 0 saturated carbocycles. The number of nitriles is 1. The first-order valence-electron chi connectivity index (χ1n) is 10.8. The molecule has 0 atom stereocenters. The fourth-order valence-electron chi connectivity index (χ4n) is 4.36. The van der Waals surface area contributed by atoms with Crippen LogP contribution < -0.4 is 5.32 Å². The molecule has 0 bridgehead atoms. The first-order valence-corrected chi connectivity index (χ1v) is 14.9. The Kier molecular flexibility index (Phi) is 6.64. The minimum Gasteiger partial charge on any atom is -0.316 e. The Morgan fingerprint density at radius 1 is 1.12 bits per heavy atom. The number of aryl methyl sites for hydroxylation is 1. The van der Waals surface area contributed by atoms with Gasteiger partial charge in [-0.15, -0.1) is 11.3 Å². The number of amides is 1. The summed E-state index contributed by atoms with van der Waals surface area (Å²) >= 11 is 1.47. The molecule has 11 heteroatoms. The summed E-state index contributed by atoms with van der Waals surface area (Å²) < 4.78 is 50.9. The number of nitrogens with one attached hydrogen (secondary N) is 1. The number of anilines is 1. The van der Waals surface area contributed by atoms with Crippen LogP contribution in [0, 0.1) is 17.2 Å². The summed E-state index contributed by atoms with van der Waals surface area (Å²) in [5.41, 5.74) is 1.62. The number of sulfonamides is 1. The van der Waals surface area contributed by atoms with Crippen LogP contribution in [0.15, 0.2) is 34.1 Å². The average Bonchev–Trinajstić information content (AvgIpc) is 3.15. The summed E-state index contributed by atoms with van der Waals surface area (Å²) in [6.45, 7) is 0.325. The summed E-state index contributed by atoms with van der Waals surface area (Å²) in [5.74, 6) is -0.550. The van der Waals surface area contributed by atoms with Crippen molar-refractivity contribution in [2.75, 3.05) is 24.7 Å². The van der Waals surface area contributed by atoms with E-state index >= 15 is 0 Å². The molecule has 1 aromatic carbocycles. The molecular weight excluding hydrogens is 482 g/mol. The van der Waals surface area contributed by atoms with Crippen LogP contribution in [0.1, 0.15) is 41.7 Å². The third-order valence-corrected chi connectivity index (χ3v) is 10.4. The van der Waals surface area contributed by atoms with Crippen molar-refractivity contribution in [3.63, 3.8) is 0 Å². The number of fused-ring (bicyclic) bond motifs is 1. The highest BCUT2D eigenvalue weighted by Gasteiger charge is 2.33. The molecule has 176 valence electrons. The second-order valence-electron chi connectivity index (χ2n) is 8.44. The minimum atomic E-state index is -3.87. The van der Waals surface area contributed by atoms with Crippen molar-refractivity contribution >= 4 is 42.1 Å². The molecule has 2 heterocycles. The van der Waals surface area contributed by atoms with Gasteiger partial charge in [-0.1, -0.05) is 6.07 Å². The molecule has 4 rings (SSSR count). The number of hydrogen-bond acceptors (Lipinski definition) is 7. The molecule has 0 spiro atoms. The standard InChI is InChI=1S/C22H25N3O5S3/c1-32(27,28)16-5-4-6-17(13-16)33(29,30)25-11-9-15(10-12-25)21(26)24-22-19(14-23)18-7-2-3-8-20(18)31-22/h4-6,13,15H,2-3,7-12H2,1H3,(H,24,26). The van der Waals surface area contributed by atoms with Crippen LogP contribution >= 0.6 is 11.3 Å². The quantitative estimate of drug-likeness (QED) is 0.663. The van der Waals surface area contributed by atoms with Gasteiger partial charge in [-0.05, 0) is 62.3 Å². The number of carbonyl (C=O) groups excluding carboxylic acids is 1. The van der Waals surface area contributed by atoms with Gasteiger partial charge in [0.25, 0.3) is 0 Å². The number of sulfone groups is 1. The smallest absolute Gasteiger partial charge is 0.243 e. The lowest BCUT2D eigenvalue weighted by Crippen LogP contribution is -2.41. The van der Waals surface area contributed by atoms with Crippen LogP contribution in [0.5, 0.6) is 0 Å². The summed E-state index contributed by atoms with van der Waals surface area (Å²) in [5, 5.41) is 13.1. The van der Waals surface area contributed by atoms with E-state index in [0.29, 0.717) is 23.4 Å². The number of hydrogen-bond donors (Lipinski definition) is 1. The summed E-state index contributed by atoms with van der Waals surface area (Å²) in [4.78, 5) is 13.9. The van der Waals surface area contributed by atoms with Gasteiger partial charge < -0.3 is 5.32 Å². The van der Waals surface area contributed by atoms with Crippen LogP contribution in [0.2, 0.25) is 0 Å². The molecule has 0 unspecified atom stereocenters. The lowest BCUT2D eigenvalue weighted by atomic mass is 9.95. The van der Waals surface area contributed by atoms with E-state index in [1.165, 1.54) is 44.8 Å². The molecule has 1 saturated heterocycles. The Bertz CT molecular complexity index is 1330. The molecule has 2 aliphatic rings. The van der Waals surface area contributed by atoms with Crippen molar-refractivity contribution in [3.8, 4) is 6.07 Å². The molecule has 8 nitrogen and oxygen atoms in total. The van der Waals surface area contributed by atoms with Gasteiger partial charge >= 0.3 is 0 Å². The van der Waals surface area contributed by atoms with Crippen molar-refractivity contribution < 1.29 is 21.6 Å². The number of benzene rings is 1. The maximum absolute atomic E-state index is 13.0. The van der Waals surface area contributed by atoms with E-state index in [1.807, 2.05) is 0 Å². The first kappa shape index (κ1) is 23.9. The molecule has 1 aliphatic carbocycles. The van der Waals surface area contributed by atoms with E-state index in [1.54, 1.807) is 0 Å². The Morgan fingerprint density at radius 3 is 2.45 bits per heavy atom. The highest BCUT2D eigenvalue weighted by molar-refractivity contribution is 7.91. The highest BCUT2D eigenvalue weighted by atomic mass is 32.2. The average molecular weight is 508 g/mol. The maximum Gasteiger partial charge on any atom is 0.243 e. The molecule has 1 amide bonds. The Hall–Kier alpha value is -2.26. The fraction of sp³-hybridized carbons (Fsp3) is 0.455. The number of piperidine rings is 1. The minimum absolute atomic E-state index is 0.0511. The third-order valence-electron chi connectivity index (χ3n) is 6.22. The van der Waals surface area contributed by atoms with Crippen LogP contribution in [0.3, 0.4) is 0 Å². The second-order valence-corrected chi connectivity index (χ2v) is 13.5. The zero-order valence-electron chi connectivity index (χ0n) is 18.2. The molecule has 1 aliphatic heterocycles. The number of nitrogens with zero attached hydrogens (tertiary/aromatic N) is 2. The predicted molar refractivity (Wildman–Crippen MR) is 125 cm³/mol. The van der Waals surface area contributed by atoms with Crippen LogP contribution in [0.25, 0.3) is 0 Å². The van der Waals surface area contributed by atoms with E-state index in [4.69, 9.17) is 0 Å². The molecule has 33 heavy (non-hydrogen) atoms. The lowest BCUT2D eigenvalue weighted by Gasteiger charge is -2.30. The predicted octanol–water partition coefficient (Wildman–Crippen LogP) is 2.94. The fourth-order valence-corrected chi connectivity index (χ4v) is 7.86. The topological polar surface area (TPSA) is 124 Å². The summed E-state index contributed by atoms with van der Waals surface area (Å²) in [6.07, 6.45) is 5.67. The van der Waals surface area contributed by atoms with Gasteiger partial charge in [0.2, 0.25) is 15.9 Å². The van der Waals surface area contributed by atoms with Crippen molar-refractivity contribution in [1.29, 1.82) is 5.26 Å². The lowest BCUT2D eigenvalue weighted by molar-refractivity contribution is -0.120. The van der Waals surface area contributed by atoms with Crippen molar-refractivity contribution in [2.24, 2.45) is 5.92 Å². The van der Waals surface area contributed by atoms with Gasteiger partial charge in [-0.2, -0.15) is 9.57 Å². The Labute approximate surface area is 198 Å². The van der Waals surface area contributed by atoms with Crippen molar-refractivity contribution in [3.05, 3.63) is 40.3 Å². The molecule has 2 aromatic rings. The van der Waals surface area contributed by atoms with E-state index in [0.717, 1.165) is 37.5 Å². The van der Waals surface area contributed by atoms with Crippen LogP contribution in [-0.4, -0.2) is 46.4 Å². The molecule has 0 radical (unpaired) electrons. The summed E-state index contributed by atoms with van der Waals surface area (Å²) in [7, 11) is -7.40. The van der Waals surface area contributed by atoms with Crippen molar-refractivity contribution in [2.45, 2.75) is 48.3 Å². The van der Waals surface area contributed by atoms with Gasteiger partial charge in [0.15, 0.2) is 9.84 Å². The first-order chi connectivity index (χ1) is 15.6. The van der Waals surface area contributed by atoms with E-state index in [-0.39, 0.29) is 34.7 Å². The molecule has 1 N–H and O–H groups in total. The molecular formula is C22H25N3O5S3. The van der Waals surface area contributed by atoms with Gasteiger partial charge in [-0.3, -0.25) is 4.79 Å². The normalized spacial score (nSPS) is 17.8. The Balaban J connectivity index is 1.43. The zero-order valence-corrected chi connectivity index (χ0v) is 20.7. The monoisotopic (exact) mass is 507 g/mol. The number of thiophene rings is 1. The van der Waals surface area contributed by atoms with E-state index in [2.05, 4.69) is 11.4 Å². The number of rotatable bonds is 5. The van der Waals surface area contributed by atoms with E-state index < -0.39 is 19.9 Å². The Morgan fingerprint density at radius 2 is 1.79 bits per heavy atom. The van der Waals surface area contributed by atoms with Crippen LogP contribution in [-0.2, 0) is 37.5 Å². The van der Waals surface area contributed by atoms with Gasteiger partial charge in [-0.25, -0.2) is 16.8 Å². The second kappa shape index (κ2) is 9.18. The van der Waals surface area contributed by atoms with Gasteiger partial charge in [0.05, 0.1) is 15.4 Å². The summed E-state index contributed by atoms with van der Waals surface area (Å²) in [6, 6.07) is 7.57. The van der Waals surface area contributed by atoms with Crippen molar-refractivity contribution in [1.82, 2.24) is 4.31 Å². The van der Waals surface area contributed by atoms with Gasteiger partial charge in [0.1, 0.15) is 11.1 Å². The molecule has 1 fully saturated rings. The maximum atomic E-state index is 13.0. The largest absolute Gasteiger partial charge is 0.316 e. The van der Waals surface area contributed by atoms with Gasteiger partial charge in [0, 0.05) is 30.1 Å². The highest BCUT2D eigenvalue weighted by Crippen LogP contribution is 2.38. The van der Waals surface area contributed by atoms with Crippen LogP contribution in [0.4, 0.5) is 5.00 Å². The number of carbonyl (C=O) groups is 1. The zero-order chi connectivity index (χ0) is 23.8. The molecule has 1 aromatic heterocycles. The SMILES string of the molecule is CS(=O)(=O)c1cccc(S(=O)(=O)N2CCC(C(=O)Nc3sc4c(c3C#N)CCCC4)CC2)c1.